The number of imidazole rings is 2. The fourth-order valence-corrected chi connectivity index (χ4v) is 6.65. The van der Waals surface area contributed by atoms with Gasteiger partial charge in [0.25, 0.3) is 11.8 Å². The Kier molecular flexibility index (Phi) is 10.9. The van der Waals surface area contributed by atoms with Crippen LogP contribution >= 0.6 is 0 Å². The van der Waals surface area contributed by atoms with E-state index in [1.54, 1.807) is 48.5 Å². The number of carbonyl (C=O) groups excluding carboxylic acids is 2. The van der Waals surface area contributed by atoms with E-state index in [2.05, 4.69) is 20.6 Å². The smallest absolute Gasteiger partial charge is 0.256 e. The van der Waals surface area contributed by atoms with Gasteiger partial charge in [0, 0.05) is 23.5 Å². The van der Waals surface area contributed by atoms with Gasteiger partial charge in [0.1, 0.15) is 11.6 Å². The number of nitrogens with zero attached hydrogens (tertiary/aromatic N) is 2. The molecule has 0 bridgehead atoms. The summed E-state index contributed by atoms with van der Waals surface area (Å²) in [7, 11) is 0. The maximum atomic E-state index is 13.4. The molecule has 10 nitrogen and oxygen atoms in total. The van der Waals surface area contributed by atoms with E-state index in [0.29, 0.717) is 22.8 Å². The lowest BCUT2D eigenvalue weighted by Crippen LogP contribution is -2.47. The number of aromatic nitrogens is 4. The Morgan fingerprint density at radius 3 is 1.11 bits per heavy atom. The third-order valence-corrected chi connectivity index (χ3v) is 10.3. The summed E-state index contributed by atoms with van der Waals surface area (Å²) < 4.78 is 0. The van der Waals surface area contributed by atoms with Crippen LogP contribution in [-0.4, -0.2) is 42.0 Å². The highest BCUT2D eigenvalue weighted by atomic mass is 16.3. The van der Waals surface area contributed by atoms with Crippen LogP contribution in [0.1, 0.15) is 90.2 Å². The Morgan fingerprint density at radius 2 is 0.804 bits per heavy atom. The van der Waals surface area contributed by atoms with Gasteiger partial charge in [-0.05, 0) is 46.9 Å². The molecule has 290 valence electrons. The summed E-state index contributed by atoms with van der Waals surface area (Å²) in [5.74, 6) is 0.191. The highest BCUT2D eigenvalue weighted by Crippen LogP contribution is 2.36. The summed E-state index contributed by atoms with van der Waals surface area (Å²) in [5.41, 5.74) is 2.16. The predicted molar refractivity (Wildman–Crippen MR) is 220 cm³/mol. The molecule has 0 saturated carbocycles. The maximum absolute atomic E-state index is 13.4. The van der Waals surface area contributed by atoms with Crippen LogP contribution in [0.5, 0.6) is 0 Å². The fraction of sp³-hybridized carbons (Fsp3) is 0.304. The van der Waals surface area contributed by atoms with Crippen molar-refractivity contribution in [2.24, 2.45) is 10.8 Å². The van der Waals surface area contributed by atoms with Crippen LogP contribution in [-0.2, 0) is 20.8 Å². The van der Waals surface area contributed by atoms with E-state index in [1.165, 1.54) is 13.8 Å². The summed E-state index contributed by atoms with van der Waals surface area (Å²) in [5, 5.41) is 28.4. The number of aliphatic hydroxyl groups is 2. The molecule has 0 fully saturated rings. The average Bonchev–Trinajstić information content (AvgIpc) is 3.87. The number of benzene rings is 4. The van der Waals surface area contributed by atoms with Crippen LogP contribution in [0.2, 0.25) is 0 Å². The van der Waals surface area contributed by atoms with Crippen molar-refractivity contribution in [1.82, 2.24) is 30.6 Å². The van der Waals surface area contributed by atoms with Crippen LogP contribution in [0.25, 0.3) is 33.6 Å². The summed E-state index contributed by atoms with van der Waals surface area (Å²) in [6, 6.07) is 33.1. The molecule has 2 amide bonds. The fourth-order valence-electron chi connectivity index (χ4n) is 6.65. The Labute approximate surface area is 328 Å². The average molecular weight is 753 g/mol. The van der Waals surface area contributed by atoms with Crippen LogP contribution in [0.4, 0.5) is 0 Å². The minimum absolute atomic E-state index is 0.403. The van der Waals surface area contributed by atoms with Gasteiger partial charge in [-0.25, -0.2) is 9.97 Å². The normalized spacial score (nSPS) is 15.2. The molecule has 2 heterocycles. The summed E-state index contributed by atoms with van der Waals surface area (Å²) in [4.78, 5) is 43.1. The molecule has 56 heavy (non-hydrogen) atoms. The van der Waals surface area contributed by atoms with Crippen LogP contribution < -0.4 is 10.6 Å². The zero-order valence-corrected chi connectivity index (χ0v) is 33.3. The van der Waals surface area contributed by atoms with Gasteiger partial charge in [-0.3, -0.25) is 9.59 Å². The van der Waals surface area contributed by atoms with Crippen molar-refractivity contribution in [3.8, 4) is 33.6 Å². The lowest BCUT2D eigenvalue weighted by atomic mass is 9.85. The number of rotatable bonds is 11. The molecule has 0 aliphatic carbocycles. The third-order valence-electron chi connectivity index (χ3n) is 10.3. The molecule has 4 atom stereocenters. The number of nitrogens with one attached hydrogen (secondary N) is 4. The van der Waals surface area contributed by atoms with Crippen molar-refractivity contribution >= 4 is 11.8 Å². The summed E-state index contributed by atoms with van der Waals surface area (Å²) >= 11 is 0. The number of H-pyrrole nitrogens is 2. The topological polar surface area (TPSA) is 156 Å². The minimum atomic E-state index is -1.71. The summed E-state index contributed by atoms with van der Waals surface area (Å²) in [6.45, 7) is 15.1. The zero-order valence-electron chi connectivity index (χ0n) is 33.3. The van der Waals surface area contributed by atoms with Gasteiger partial charge in [-0.1, -0.05) is 151 Å². The Bertz CT molecular complexity index is 2100. The van der Waals surface area contributed by atoms with Crippen LogP contribution in [0, 0.1) is 10.8 Å². The van der Waals surface area contributed by atoms with E-state index in [-0.39, 0.29) is 0 Å². The van der Waals surface area contributed by atoms with E-state index in [4.69, 9.17) is 9.97 Å². The van der Waals surface area contributed by atoms with Crippen LogP contribution in [0.3, 0.4) is 0 Å². The molecule has 6 rings (SSSR count). The molecular weight excluding hydrogens is 701 g/mol. The van der Waals surface area contributed by atoms with Gasteiger partial charge in [0.2, 0.25) is 0 Å². The number of hydrogen-bond donors (Lipinski definition) is 6. The first kappa shape index (κ1) is 39.8. The minimum Gasteiger partial charge on any atom is -0.376 e. The van der Waals surface area contributed by atoms with E-state index >= 15 is 0 Å². The van der Waals surface area contributed by atoms with Crippen molar-refractivity contribution in [2.45, 2.75) is 78.7 Å². The second-order valence-electron chi connectivity index (χ2n) is 16.9. The Morgan fingerprint density at radius 1 is 0.500 bits per heavy atom. The first-order chi connectivity index (χ1) is 26.4. The van der Waals surface area contributed by atoms with Crippen molar-refractivity contribution in [2.75, 3.05) is 0 Å². The largest absolute Gasteiger partial charge is 0.376 e. The van der Waals surface area contributed by atoms with Gasteiger partial charge in [0.05, 0.1) is 23.5 Å². The second-order valence-corrected chi connectivity index (χ2v) is 16.9. The first-order valence-corrected chi connectivity index (χ1v) is 18.9. The predicted octanol–water partition coefficient (Wildman–Crippen LogP) is 8.36. The van der Waals surface area contributed by atoms with Crippen molar-refractivity contribution in [3.63, 3.8) is 0 Å². The third kappa shape index (κ3) is 8.51. The highest BCUT2D eigenvalue weighted by molar-refractivity contribution is 5.87. The van der Waals surface area contributed by atoms with Gasteiger partial charge < -0.3 is 30.8 Å². The SMILES string of the molecule is CC(O)(C(=O)N[C@H](c1nc(-c2ccc(-c3ccc(-c4c[nH]c([C@@H](NC(=O)C(C)(O)c5ccccc5)C(C)(C)C)n4)cc3)cc2)c[nH]1)C(C)(C)C)c1ccccc1. The van der Waals surface area contributed by atoms with E-state index in [1.807, 2.05) is 115 Å². The number of carbonyl (C=O) groups is 2. The van der Waals surface area contributed by atoms with Crippen LogP contribution in [0.15, 0.2) is 122 Å². The van der Waals surface area contributed by atoms with Gasteiger partial charge in [-0.2, -0.15) is 0 Å². The molecular formula is C46H52N6O4. The number of hydrogen-bond acceptors (Lipinski definition) is 6. The molecule has 2 unspecified atom stereocenters. The molecule has 0 aliphatic heterocycles. The highest BCUT2D eigenvalue weighted by Gasteiger charge is 2.39. The molecule has 2 aromatic heterocycles. The standard InChI is InChI=1S/C46H52N6O4/c1-43(2,3)37(51-41(53)45(7,55)33-15-11-9-12-16-33)39-47-27-35(49-39)31-23-19-29(20-24-31)30-21-25-32(26-22-30)36-28-48-40(50-36)38(44(4,5)6)52-42(54)46(8,56)34-17-13-10-14-18-34/h9-28,37-38,55-56H,1-8H3,(H,47,49)(H,48,50)(H,51,53)(H,52,54)/t37-,38-,45?,46?/m1/s1. The summed E-state index contributed by atoms with van der Waals surface area (Å²) in [6.07, 6.45) is 3.66. The van der Waals surface area contributed by atoms with E-state index in [9.17, 15) is 19.8 Å². The van der Waals surface area contributed by atoms with Gasteiger partial charge >= 0.3 is 0 Å². The quantitative estimate of drug-likeness (QED) is 0.0782. The van der Waals surface area contributed by atoms with Crippen molar-refractivity contribution in [1.29, 1.82) is 0 Å². The monoisotopic (exact) mass is 752 g/mol. The first-order valence-electron chi connectivity index (χ1n) is 18.9. The Hall–Kier alpha value is -5.84. The maximum Gasteiger partial charge on any atom is 0.256 e. The zero-order chi connectivity index (χ0) is 40.5. The molecule has 10 heteroatoms. The molecule has 6 aromatic rings. The van der Waals surface area contributed by atoms with Gasteiger partial charge in [-0.15, -0.1) is 0 Å². The second kappa shape index (κ2) is 15.4. The molecule has 0 aliphatic rings. The number of aromatic amines is 2. The lowest BCUT2D eigenvalue weighted by molar-refractivity contribution is -0.141. The molecule has 0 spiro atoms. The van der Waals surface area contributed by atoms with E-state index < -0.39 is 45.9 Å². The van der Waals surface area contributed by atoms with Crippen molar-refractivity contribution < 1.29 is 19.8 Å². The van der Waals surface area contributed by atoms with Gasteiger partial charge in [0.15, 0.2) is 11.2 Å². The molecule has 0 radical (unpaired) electrons. The molecule has 4 aromatic carbocycles. The van der Waals surface area contributed by atoms with Crippen molar-refractivity contribution in [3.05, 3.63) is 144 Å². The Balaban J connectivity index is 1.15. The lowest BCUT2D eigenvalue weighted by Gasteiger charge is -2.33. The molecule has 6 N–H and O–H groups in total. The molecule has 0 saturated heterocycles. The van der Waals surface area contributed by atoms with E-state index in [0.717, 1.165) is 33.6 Å². The number of amides is 2.